The molecular formula is C15H15ClN4O3. The van der Waals surface area contributed by atoms with Crippen molar-refractivity contribution < 1.29 is 14.7 Å². The van der Waals surface area contributed by atoms with Gasteiger partial charge >= 0.3 is 5.97 Å². The summed E-state index contributed by atoms with van der Waals surface area (Å²) < 4.78 is 0. The van der Waals surface area contributed by atoms with Crippen LogP contribution in [0.1, 0.15) is 51.8 Å². The zero-order valence-corrected chi connectivity index (χ0v) is 13.0. The van der Waals surface area contributed by atoms with E-state index < -0.39 is 5.97 Å². The molecule has 0 saturated carbocycles. The third-order valence-corrected chi connectivity index (χ3v) is 4.17. The summed E-state index contributed by atoms with van der Waals surface area (Å²) in [7, 11) is 0. The Morgan fingerprint density at radius 2 is 2.13 bits per heavy atom. The summed E-state index contributed by atoms with van der Waals surface area (Å²) in [6, 6.07) is 2.84. The van der Waals surface area contributed by atoms with Crippen LogP contribution in [0.4, 0.5) is 0 Å². The predicted octanol–water partition coefficient (Wildman–Crippen LogP) is 2.52. The molecule has 2 aromatic heterocycles. The molecule has 1 fully saturated rings. The van der Waals surface area contributed by atoms with Crippen molar-refractivity contribution >= 4 is 23.5 Å². The number of aromatic amines is 1. The van der Waals surface area contributed by atoms with Gasteiger partial charge in [-0.3, -0.25) is 9.89 Å². The number of pyridine rings is 1. The molecule has 0 spiro atoms. The minimum Gasteiger partial charge on any atom is -0.478 e. The fourth-order valence-electron chi connectivity index (χ4n) is 2.84. The molecule has 1 amide bonds. The molecule has 3 rings (SSSR count). The standard InChI is InChI=1S/C15H15ClN4O3/c16-9-4-5-11(17-7-9)14(21)20-6-2-1-3-12(20)13-10(15(22)23)8-18-19-13/h4-5,7-8,12H,1-3,6H2,(H,18,19)(H,22,23). The molecule has 120 valence electrons. The first-order chi connectivity index (χ1) is 11.1. The average molecular weight is 335 g/mol. The van der Waals surface area contributed by atoms with Crippen LogP contribution in [0.25, 0.3) is 0 Å². The monoisotopic (exact) mass is 334 g/mol. The van der Waals surface area contributed by atoms with Gasteiger partial charge in [0.2, 0.25) is 0 Å². The second-order valence-electron chi connectivity index (χ2n) is 5.37. The Hall–Kier alpha value is -2.41. The molecule has 1 unspecified atom stereocenters. The zero-order valence-electron chi connectivity index (χ0n) is 12.2. The topological polar surface area (TPSA) is 99.2 Å². The number of rotatable bonds is 3. The van der Waals surface area contributed by atoms with Gasteiger partial charge < -0.3 is 10.0 Å². The van der Waals surface area contributed by atoms with Gasteiger partial charge in [0.15, 0.2) is 0 Å². The number of carboxylic acid groups (broad SMARTS) is 1. The van der Waals surface area contributed by atoms with E-state index in [0.717, 1.165) is 12.8 Å². The lowest BCUT2D eigenvalue weighted by atomic mass is 9.96. The summed E-state index contributed by atoms with van der Waals surface area (Å²) in [5.41, 5.74) is 0.843. The van der Waals surface area contributed by atoms with Crippen LogP contribution < -0.4 is 0 Å². The van der Waals surface area contributed by atoms with Gasteiger partial charge in [-0.1, -0.05) is 11.6 Å². The SMILES string of the molecule is O=C(O)c1cn[nH]c1C1CCCCN1C(=O)c1ccc(Cl)cn1. The van der Waals surface area contributed by atoms with Crippen LogP contribution in [0.5, 0.6) is 0 Å². The molecular weight excluding hydrogens is 320 g/mol. The summed E-state index contributed by atoms with van der Waals surface area (Å²) in [5, 5.41) is 16.3. The number of likely N-dealkylation sites (tertiary alicyclic amines) is 1. The van der Waals surface area contributed by atoms with E-state index in [9.17, 15) is 14.7 Å². The highest BCUT2D eigenvalue weighted by atomic mass is 35.5. The third-order valence-electron chi connectivity index (χ3n) is 3.94. The van der Waals surface area contributed by atoms with E-state index >= 15 is 0 Å². The zero-order chi connectivity index (χ0) is 16.4. The number of carbonyl (C=O) groups excluding carboxylic acids is 1. The van der Waals surface area contributed by atoms with Crippen molar-refractivity contribution in [2.45, 2.75) is 25.3 Å². The molecule has 0 aromatic carbocycles. The Bertz CT molecular complexity index is 729. The van der Waals surface area contributed by atoms with Crippen molar-refractivity contribution in [3.63, 3.8) is 0 Å². The smallest absolute Gasteiger partial charge is 0.339 e. The third kappa shape index (κ3) is 3.05. The number of nitrogens with zero attached hydrogens (tertiary/aromatic N) is 3. The Balaban J connectivity index is 1.92. The molecule has 2 N–H and O–H groups in total. The summed E-state index contributed by atoms with van der Waals surface area (Å²) >= 11 is 5.80. The van der Waals surface area contributed by atoms with Crippen LogP contribution in [0.15, 0.2) is 24.5 Å². The van der Waals surface area contributed by atoms with Gasteiger partial charge in [-0.15, -0.1) is 0 Å². The first kappa shape index (κ1) is 15.5. The number of aromatic nitrogens is 3. The van der Waals surface area contributed by atoms with Crippen molar-refractivity contribution in [2.75, 3.05) is 6.54 Å². The number of carbonyl (C=O) groups is 2. The lowest BCUT2D eigenvalue weighted by Crippen LogP contribution is -2.39. The molecule has 8 heteroatoms. The normalized spacial score (nSPS) is 18.0. The predicted molar refractivity (Wildman–Crippen MR) is 82.4 cm³/mol. The molecule has 0 bridgehead atoms. The van der Waals surface area contributed by atoms with Crippen LogP contribution >= 0.6 is 11.6 Å². The van der Waals surface area contributed by atoms with Gasteiger partial charge in [-0.25, -0.2) is 9.78 Å². The van der Waals surface area contributed by atoms with Crippen molar-refractivity contribution in [3.8, 4) is 0 Å². The molecule has 1 aliphatic rings. The Morgan fingerprint density at radius 1 is 1.30 bits per heavy atom. The van der Waals surface area contributed by atoms with Gasteiger partial charge in [0.1, 0.15) is 11.3 Å². The fraction of sp³-hybridized carbons (Fsp3) is 0.333. The number of halogens is 1. The fourth-order valence-corrected chi connectivity index (χ4v) is 2.96. The lowest BCUT2D eigenvalue weighted by Gasteiger charge is -2.35. The molecule has 1 atom stereocenters. The molecule has 3 heterocycles. The number of hydrogen-bond acceptors (Lipinski definition) is 4. The van der Waals surface area contributed by atoms with Crippen LogP contribution in [-0.2, 0) is 0 Å². The molecule has 1 saturated heterocycles. The Labute approximate surface area is 137 Å². The highest BCUT2D eigenvalue weighted by Gasteiger charge is 2.33. The van der Waals surface area contributed by atoms with E-state index in [4.69, 9.17) is 11.6 Å². The Morgan fingerprint density at radius 3 is 2.83 bits per heavy atom. The van der Waals surface area contributed by atoms with E-state index in [1.54, 1.807) is 17.0 Å². The van der Waals surface area contributed by atoms with Crippen molar-refractivity contribution in [1.29, 1.82) is 0 Å². The maximum atomic E-state index is 12.7. The molecule has 1 aliphatic heterocycles. The summed E-state index contributed by atoms with van der Waals surface area (Å²) in [6.45, 7) is 0.548. The van der Waals surface area contributed by atoms with Gasteiger partial charge in [0, 0.05) is 12.7 Å². The second kappa shape index (κ2) is 6.37. The van der Waals surface area contributed by atoms with Gasteiger partial charge in [-0.05, 0) is 31.4 Å². The minimum absolute atomic E-state index is 0.0961. The average Bonchev–Trinajstić information content (AvgIpc) is 3.05. The first-order valence-electron chi connectivity index (χ1n) is 7.27. The number of amides is 1. The van der Waals surface area contributed by atoms with E-state index in [0.29, 0.717) is 23.7 Å². The quantitative estimate of drug-likeness (QED) is 0.898. The van der Waals surface area contributed by atoms with Crippen LogP contribution in [0.3, 0.4) is 0 Å². The maximum absolute atomic E-state index is 12.7. The number of carboxylic acids is 1. The summed E-state index contributed by atoms with van der Waals surface area (Å²) in [4.78, 5) is 29.8. The number of hydrogen-bond donors (Lipinski definition) is 2. The molecule has 23 heavy (non-hydrogen) atoms. The van der Waals surface area contributed by atoms with Gasteiger partial charge in [0.25, 0.3) is 5.91 Å². The number of nitrogens with one attached hydrogen (secondary N) is 1. The van der Waals surface area contributed by atoms with Gasteiger partial charge in [-0.2, -0.15) is 5.10 Å². The first-order valence-corrected chi connectivity index (χ1v) is 7.65. The van der Waals surface area contributed by atoms with E-state index in [2.05, 4.69) is 15.2 Å². The lowest BCUT2D eigenvalue weighted by molar-refractivity contribution is 0.0584. The van der Waals surface area contributed by atoms with Crippen LogP contribution in [-0.4, -0.2) is 43.6 Å². The van der Waals surface area contributed by atoms with E-state index in [-0.39, 0.29) is 23.2 Å². The van der Waals surface area contributed by atoms with E-state index in [1.165, 1.54) is 12.4 Å². The van der Waals surface area contributed by atoms with E-state index in [1.807, 2.05) is 0 Å². The highest BCUT2D eigenvalue weighted by Crippen LogP contribution is 2.32. The largest absolute Gasteiger partial charge is 0.478 e. The number of H-pyrrole nitrogens is 1. The van der Waals surface area contributed by atoms with Crippen molar-refractivity contribution in [1.82, 2.24) is 20.1 Å². The summed E-state index contributed by atoms with van der Waals surface area (Å²) in [6.07, 6.45) is 5.16. The van der Waals surface area contributed by atoms with Gasteiger partial charge in [0.05, 0.1) is 23.0 Å². The minimum atomic E-state index is -1.06. The van der Waals surface area contributed by atoms with Crippen molar-refractivity contribution in [2.24, 2.45) is 0 Å². The van der Waals surface area contributed by atoms with Crippen LogP contribution in [0, 0.1) is 0 Å². The molecule has 0 aliphatic carbocycles. The van der Waals surface area contributed by atoms with Crippen LogP contribution in [0.2, 0.25) is 5.02 Å². The molecule has 7 nitrogen and oxygen atoms in total. The molecule has 2 aromatic rings. The van der Waals surface area contributed by atoms with Crippen molar-refractivity contribution in [3.05, 3.63) is 46.5 Å². The Kier molecular flexibility index (Phi) is 4.29. The second-order valence-corrected chi connectivity index (χ2v) is 5.81. The number of aromatic carboxylic acids is 1. The molecule has 0 radical (unpaired) electrons. The number of piperidine rings is 1. The summed E-state index contributed by atoms with van der Waals surface area (Å²) in [5.74, 6) is -1.30. The maximum Gasteiger partial charge on any atom is 0.339 e. The highest BCUT2D eigenvalue weighted by molar-refractivity contribution is 6.30.